The summed E-state index contributed by atoms with van der Waals surface area (Å²) in [5.41, 5.74) is 3.81. The number of benzene rings is 3. The molecule has 1 fully saturated rings. The molecule has 2 amide bonds. The molecular formula is C41H47FN6O6. The minimum Gasteiger partial charge on any atom is -0.497 e. The number of fused-ring (bicyclic) bond motifs is 1. The van der Waals surface area contributed by atoms with Crippen molar-refractivity contribution in [2.24, 2.45) is 0 Å². The Hall–Kier alpha value is -5.85. The van der Waals surface area contributed by atoms with Gasteiger partial charge in [-0.2, -0.15) is 5.10 Å². The standard InChI is InChI=1S/C41H47FN6O6/c1-41(2,3)54-40(50)46-29-8-7-9-30(21-29)48-33-18-19-43-38(44-24-27-14-16-31(51-4)22-35(27)53-6)36(33)37(47-48)26-12-10-25(11-13-26)23-45-39(49)32-20-28(42)15-17-34(32)52-5/h10-20,22,29-30H,7-9,21,23-24H2,1-6H3,(H,43,44)(H,45,49)(H,46,50)/t29-,30-/m1/s1. The molecule has 54 heavy (non-hydrogen) atoms. The van der Waals surface area contributed by atoms with Crippen molar-refractivity contribution in [2.75, 3.05) is 26.6 Å². The maximum atomic E-state index is 13.9. The van der Waals surface area contributed by atoms with Crippen molar-refractivity contribution in [3.8, 4) is 28.5 Å². The lowest BCUT2D eigenvalue weighted by atomic mass is 9.91. The zero-order chi connectivity index (χ0) is 38.4. The van der Waals surface area contributed by atoms with Gasteiger partial charge in [0.25, 0.3) is 5.91 Å². The smallest absolute Gasteiger partial charge is 0.407 e. The van der Waals surface area contributed by atoms with Crippen molar-refractivity contribution in [1.82, 2.24) is 25.4 Å². The van der Waals surface area contributed by atoms with Crippen LogP contribution in [0.15, 0.2) is 72.9 Å². The Morgan fingerprint density at radius 1 is 0.907 bits per heavy atom. The monoisotopic (exact) mass is 738 g/mol. The van der Waals surface area contributed by atoms with E-state index in [1.807, 2.05) is 69.3 Å². The molecule has 0 aliphatic heterocycles. The number of ether oxygens (including phenoxy) is 4. The lowest BCUT2D eigenvalue weighted by Crippen LogP contribution is -2.41. The van der Waals surface area contributed by atoms with Crippen molar-refractivity contribution in [3.05, 3.63) is 95.4 Å². The SMILES string of the molecule is COc1ccc(CNc2nccc3c2c(-c2ccc(CNC(=O)c4cc(F)ccc4OC)cc2)nn3[C@@H]2CCC[C@@H](NC(=O)OC(C)(C)C)C2)c(OC)c1. The van der Waals surface area contributed by atoms with Gasteiger partial charge in [-0.25, -0.2) is 14.2 Å². The summed E-state index contributed by atoms with van der Waals surface area (Å²) in [5, 5.41) is 15.5. The van der Waals surface area contributed by atoms with Gasteiger partial charge >= 0.3 is 6.09 Å². The normalized spacial score (nSPS) is 15.7. The molecule has 12 nitrogen and oxygen atoms in total. The second-order valence-electron chi connectivity index (χ2n) is 14.3. The van der Waals surface area contributed by atoms with Gasteiger partial charge in [-0.1, -0.05) is 24.3 Å². The fourth-order valence-corrected chi connectivity index (χ4v) is 6.79. The van der Waals surface area contributed by atoms with E-state index in [-0.39, 0.29) is 24.2 Å². The van der Waals surface area contributed by atoms with Crippen molar-refractivity contribution in [3.63, 3.8) is 0 Å². The Labute approximate surface area is 314 Å². The van der Waals surface area contributed by atoms with Gasteiger partial charge in [-0.15, -0.1) is 0 Å². The number of anilines is 1. The molecular weight excluding hydrogens is 691 g/mol. The van der Waals surface area contributed by atoms with E-state index in [9.17, 15) is 14.0 Å². The first-order valence-electron chi connectivity index (χ1n) is 18.0. The average Bonchev–Trinajstić information content (AvgIpc) is 3.56. The number of nitrogens with zero attached hydrogens (tertiary/aromatic N) is 3. The summed E-state index contributed by atoms with van der Waals surface area (Å²) in [4.78, 5) is 30.4. The summed E-state index contributed by atoms with van der Waals surface area (Å²) in [6.45, 7) is 6.21. The van der Waals surface area contributed by atoms with Gasteiger partial charge < -0.3 is 34.9 Å². The first-order valence-corrected chi connectivity index (χ1v) is 18.0. The molecule has 2 heterocycles. The molecule has 0 spiro atoms. The average molecular weight is 739 g/mol. The molecule has 284 valence electrons. The Kier molecular flexibility index (Phi) is 11.5. The van der Waals surface area contributed by atoms with Crippen LogP contribution in [0.25, 0.3) is 22.2 Å². The van der Waals surface area contributed by atoms with Crippen molar-refractivity contribution >= 4 is 28.7 Å². The second-order valence-corrected chi connectivity index (χ2v) is 14.3. The van der Waals surface area contributed by atoms with Gasteiger partial charge in [-0.05, 0) is 88.4 Å². The van der Waals surface area contributed by atoms with Crippen LogP contribution in [0.3, 0.4) is 0 Å². The van der Waals surface area contributed by atoms with Gasteiger partial charge in [0, 0.05) is 42.5 Å². The molecule has 0 bridgehead atoms. The fraction of sp³-hybridized carbons (Fsp3) is 0.366. The molecule has 6 rings (SSSR count). The molecule has 0 radical (unpaired) electrons. The highest BCUT2D eigenvalue weighted by Crippen LogP contribution is 2.38. The molecule has 2 aromatic heterocycles. The third-order valence-corrected chi connectivity index (χ3v) is 9.36. The van der Waals surface area contributed by atoms with Crippen LogP contribution in [0, 0.1) is 5.82 Å². The van der Waals surface area contributed by atoms with Crippen LogP contribution in [0.1, 0.15) is 74.0 Å². The molecule has 1 saturated carbocycles. The van der Waals surface area contributed by atoms with E-state index < -0.39 is 23.4 Å². The summed E-state index contributed by atoms with van der Waals surface area (Å²) in [6.07, 6.45) is 4.71. The van der Waals surface area contributed by atoms with E-state index in [0.717, 1.165) is 58.6 Å². The van der Waals surface area contributed by atoms with E-state index >= 15 is 0 Å². The zero-order valence-corrected chi connectivity index (χ0v) is 31.5. The van der Waals surface area contributed by atoms with Crippen LogP contribution in [-0.2, 0) is 17.8 Å². The van der Waals surface area contributed by atoms with E-state index in [2.05, 4.69) is 20.6 Å². The minimum atomic E-state index is -0.590. The fourth-order valence-electron chi connectivity index (χ4n) is 6.79. The van der Waals surface area contributed by atoms with Gasteiger partial charge in [-0.3, -0.25) is 9.48 Å². The number of rotatable bonds is 12. The number of halogens is 1. The highest BCUT2D eigenvalue weighted by atomic mass is 19.1. The van der Waals surface area contributed by atoms with Crippen LogP contribution in [0.5, 0.6) is 17.2 Å². The summed E-state index contributed by atoms with van der Waals surface area (Å²) < 4.78 is 37.8. The number of nitrogens with one attached hydrogen (secondary N) is 3. The predicted octanol–water partition coefficient (Wildman–Crippen LogP) is 7.81. The maximum Gasteiger partial charge on any atom is 0.407 e. The summed E-state index contributed by atoms with van der Waals surface area (Å²) >= 11 is 0. The van der Waals surface area contributed by atoms with Gasteiger partial charge in [0.1, 0.15) is 40.2 Å². The number of hydrogen-bond acceptors (Lipinski definition) is 9. The molecule has 2 atom stereocenters. The summed E-state index contributed by atoms with van der Waals surface area (Å²) in [7, 11) is 4.68. The highest BCUT2D eigenvalue weighted by Gasteiger charge is 2.29. The molecule has 1 aliphatic carbocycles. The molecule has 3 N–H and O–H groups in total. The zero-order valence-electron chi connectivity index (χ0n) is 31.5. The predicted molar refractivity (Wildman–Crippen MR) is 205 cm³/mol. The Balaban J connectivity index is 1.30. The quantitative estimate of drug-likeness (QED) is 0.117. The number of hydrogen-bond donors (Lipinski definition) is 3. The number of methoxy groups -OCH3 is 3. The highest BCUT2D eigenvalue weighted by molar-refractivity contribution is 6.01. The number of aromatic nitrogens is 3. The Morgan fingerprint density at radius 3 is 2.41 bits per heavy atom. The first-order chi connectivity index (χ1) is 26.0. The van der Waals surface area contributed by atoms with Gasteiger partial charge in [0.05, 0.1) is 43.8 Å². The van der Waals surface area contributed by atoms with Crippen LogP contribution in [-0.4, -0.2) is 59.7 Å². The first kappa shape index (κ1) is 37.9. The van der Waals surface area contributed by atoms with E-state index in [1.54, 1.807) is 20.4 Å². The molecule has 1 aliphatic rings. The van der Waals surface area contributed by atoms with Crippen LogP contribution < -0.4 is 30.2 Å². The second kappa shape index (κ2) is 16.4. The summed E-state index contributed by atoms with van der Waals surface area (Å²) in [6, 6.07) is 19.2. The van der Waals surface area contributed by atoms with Gasteiger partial charge in [0.2, 0.25) is 0 Å². The maximum absolute atomic E-state index is 13.9. The molecule has 3 aromatic carbocycles. The number of alkyl carbamates (subject to hydrolysis) is 1. The van der Waals surface area contributed by atoms with E-state index in [1.165, 1.54) is 19.2 Å². The number of amides is 2. The number of pyridine rings is 1. The lowest BCUT2D eigenvalue weighted by Gasteiger charge is -2.31. The lowest BCUT2D eigenvalue weighted by molar-refractivity contribution is 0.0485. The molecule has 13 heteroatoms. The third-order valence-electron chi connectivity index (χ3n) is 9.36. The van der Waals surface area contributed by atoms with Gasteiger partial charge in [0.15, 0.2) is 0 Å². The Morgan fingerprint density at radius 2 is 1.69 bits per heavy atom. The molecule has 0 saturated heterocycles. The van der Waals surface area contributed by atoms with E-state index in [0.29, 0.717) is 36.0 Å². The van der Waals surface area contributed by atoms with Crippen molar-refractivity contribution < 1.29 is 32.9 Å². The van der Waals surface area contributed by atoms with Crippen LogP contribution in [0.2, 0.25) is 0 Å². The van der Waals surface area contributed by atoms with E-state index in [4.69, 9.17) is 29.0 Å². The minimum absolute atomic E-state index is 0.0150. The topological polar surface area (TPSA) is 138 Å². The third kappa shape index (κ3) is 8.84. The van der Waals surface area contributed by atoms with Crippen molar-refractivity contribution in [1.29, 1.82) is 0 Å². The number of carbonyl (C=O) groups is 2. The summed E-state index contributed by atoms with van der Waals surface area (Å²) in [5.74, 6) is 1.37. The Bertz CT molecular complexity index is 2110. The molecule has 5 aromatic rings. The number of carbonyl (C=O) groups excluding carboxylic acids is 2. The molecule has 0 unspecified atom stereocenters. The van der Waals surface area contributed by atoms with Crippen LogP contribution in [0.4, 0.5) is 15.0 Å². The largest absolute Gasteiger partial charge is 0.497 e. The van der Waals surface area contributed by atoms with Crippen molar-refractivity contribution in [2.45, 2.75) is 77.2 Å². The van der Waals surface area contributed by atoms with Crippen LogP contribution >= 0.6 is 0 Å².